The lowest BCUT2D eigenvalue weighted by Crippen LogP contribution is -2.45. The first-order valence-corrected chi connectivity index (χ1v) is 24.1. The number of hydrogen-bond donors (Lipinski definition) is 3. The predicted octanol–water partition coefficient (Wildman–Crippen LogP) is 14.0. The van der Waals surface area contributed by atoms with Gasteiger partial charge in [0.1, 0.15) is 0 Å². The zero-order chi connectivity index (χ0) is 40.1. The summed E-state index contributed by atoms with van der Waals surface area (Å²) in [6.07, 6.45) is 51.7. The van der Waals surface area contributed by atoms with E-state index in [9.17, 15) is 19.8 Å². The van der Waals surface area contributed by atoms with Crippen molar-refractivity contribution in [2.75, 3.05) is 13.2 Å². The van der Waals surface area contributed by atoms with Gasteiger partial charge in [0.2, 0.25) is 5.91 Å². The van der Waals surface area contributed by atoms with Gasteiger partial charge >= 0.3 is 5.97 Å². The van der Waals surface area contributed by atoms with Crippen LogP contribution >= 0.6 is 0 Å². The quantitative estimate of drug-likeness (QED) is 0.0325. The minimum atomic E-state index is -0.858. The second kappa shape index (κ2) is 45.0. The van der Waals surface area contributed by atoms with E-state index in [-0.39, 0.29) is 18.5 Å². The third-order valence-corrected chi connectivity index (χ3v) is 11.0. The number of unbranched alkanes of at least 4 members (excludes halogenated alkanes) is 31. The van der Waals surface area contributed by atoms with Crippen molar-refractivity contribution in [3.63, 3.8) is 0 Å². The van der Waals surface area contributed by atoms with Crippen LogP contribution in [0, 0.1) is 0 Å². The molecule has 3 N–H and O–H groups in total. The maximum Gasteiger partial charge on any atom is 0.305 e. The Bertz CT molecular complexity index is 858. The monoisotopic (exact) mass is 776 g/mol. The highest BCUT2D eigenvalue weighted by Gasteiger charge is 2.18. The van der Waals surface area contributed by atoms with Crippen molar-refractivity contribution in [2.45, 2.75) is 264 Å². The highest BCUT2D eigenvalue weighted by atomic mass is 16.5. The van der Waals surface area contributed by atoms with Gasteiger partial charge < -0.3 is 20.3 Å². The average Bonchev–Trinajstić information content (AvgIpc) is 3.18. The lowest BCUT2D eigenvalue weighted by atomic mass is 10.0. The molecule has 0 aromatic carbocycles. The predicted molar refractivity (Wildman–Crippen MR) is 236 cm³/mol. The zero-order valence-corrected chi connectivity index (χ0v) is 36.7. The molecule has 324 valence electrons. The summed E-state index contributed by atoms with van der Waals surface area (Å²) >= 11 is 0. The molecule has 0 aliphatic rings. The fourth-order valence-electron chi connectivity index (χ4n) is 7.21. The van der Waals surface area contributed by atoms with Gasteiger partial charge in [-0.15, -0.1) is 0 Å². The fraction of sp³-hybridized carbons (Fsp3) is 0.878. The van der Waals surface area contributed by atoms with Crippen LogP contribution in [-0.2, 0) is 14.3 Å². The Kier molecular flexibility index (Phi) is 43.7. The molecular formula is C49H93NO5. The molecule has 0 fully saturated rings. The van der Waals surface area contributed by atoms with Gasteiger partial charge in [0, 0.05) is 12.8 Å². The number of nitrogens with one attached hydrogen (secondary N) is 1. The highest BCUT2D eigenvalue weighted by molar-refractivity contribution is 5.76. The van der Waals surface area contributed by atoms with Crippen LogP contribution in [0.2, 0.25) is 0 Å². The molecule has 55 heavy (non-hydrogen) atoms. The number of hydrogen-bond acceptors (Lipinski definition) is 5. The molecule has 1 amide bonds. The number of ether oxygens (including phenoxy) is 1. The Morgan fingerprint density at radius 2 is 0.855 bits per heavy atom. The maximum atomic E-state index is 12.4. The number of esters is 1. The van der Waals surface area contributed by atoms with E-state index in [4.69, 9.17) is 4.74 Å². The van der Waals surface area contributed by atoms with E-state index in [1.165, 1.54) is 148 Å². The van der Waals surface area contributed by atoms with Gasteiger partial charge in [-0.25, -0.2) is 0 Å². The average molecular weight is 776 g/mol. The molecule has 6 heteroatoms. The number of rotatable bonds is 44. The zero-order valence-electron chi connectivity index (χ0n) is 36.7. The molecule has 2 atom stereocenters. The molecule has 0 aliphatic carbocycles. The van der Waals surface area contributed by atoms with Crippen LogP contribution in [0.3, 0.4) is 0 Å². The number of carbonyl (C=O) groups excluding carboxylic acids is 2. The Balaban J connectivity index is 3.53. The van der Waals surface area contributed by atoms with Gasteiger partial charge in [-0.3, -0.25) is 9.59 Å². The van der Waals surface area contributed by atoms with Gasteiger partial charge in [-0.1, -0.05) is 199 Å². The van der Waals surface area contributed by atoms with E-state index in [1.807, 2.05) is 6.08 Å². The summed E-state index contributed by atoms with van der Waals surface area (Å²) in [6.45, 7) is 4.83. The molecule has 0 heterocycles. The molecule has 0 rings (SSSR count). The van der Waals surface area contributed by atoms with Crippen LogP contribution in [-0.4, -0.2) is 47.4 Å². The second-order valence-electron chi connectivity index (χ2n) is 16.4. The van der Waals surface area contributed by atoms with E-state index in [1.54, 1.807) is 6.08 Å². The summed E-state index contributed by atoms with van der Waals surface area (Å²) in [6, 6.07) is -0.644. The van der Waals surface area contributed by atoms with Crippen molar-refractivity contribution in [2.24, 2.45) is 0 Å². The Labute approximate surface area is 341 Å². The molecule has 6 nitrogen and oxygen atoms in total. The van der Waals surface area contributed by atoms with Crippen LogP contribution in [0.5, 0.6) is 0 Å². The maximum absolute atomic E-state index is 12.4. The van der Waals surface area contributed by atoms with Crippen molar-refractivity contribution in [3.8, 4) is 0 Å². The first kappa shape index (κ1) is 53.3. The molecule has 0 radical (unpaired) electrons. The molecule has 0 saturated heterocycles. The van der Waals surface area contributed by atoms with Crippen LogP contribution in [0.15, 0.2) is 24.3 Å². The van der Waals surface area contributed by atoms with E-state index in [2.05, 4.69) is 31.3 Å². The highest BCUT2D eigenvalue weighted by Crippen LogP contribution is 2.15. The van der Waals surface area contributed by atoms with E-state index in [0.29, 0.717) is 19.4 Å². The Morgan fingerprint density at radius 1 is 0.491 bits per heavy atom. The van der Waals surface area contributed by atoms with Gasteiger partial charge in [-0.05, 0) is 64.2 Å². The lowest BCUT2D eigenvalue weighted by molar-refractivity contribution is -0.143. The largest absolute Gasteiger partial charge is 0.466 e. The normalized spacial score (nSPS) is 12.9. The summed E-state index contributed by atoms with van der Waals surface area (Å²) in [5.74, 6) is -0.118. The van der Waals surface area contributed by atoms with Crippen molar-refractivity contribution in [1.29, 1.82) is 0 Å². The SMILES string of the molecule is CCCCCCCCCCCC/C=C/C(O)C(CO)NC(=O)CCCCCCC/C=C\CCCCCOC(=O)CCCCCCCCCCCCCCCC. The summed E-state index contributed by atoms with van der Waals surface area (Å²) in [5.41, 5.74) is 0. The third-order valence-electron chi connectivity index (χ3n) is 11.0. The number of amides is 1. The molecule has 0 aliphatic heterocycles. The summed E-state index contributed by atoms with van der Waals surface area (Å²) in [7, 11) is 0. The molecule has 0 bridgehead atoms. The van der Waals surface area contributed by atoms with E-state index < -0.39 is 12.1 Å². The van der Waals surface area contributed by atoms with E-state index in [0.717, 1.165) is 77.0 Å². The summed E-state index contributed by atoms with van der Waals surface area (Å²) in [5, 5.41) is 22.9. The number of aliphatic hydroxyl groups is 2. The molecule has 0 aromatic heterocycles. The molecular weight excluding hydrogens is 683 g/mol. The topological polar surface area (TPSA) is 95.9 Å². The Hall–Kier alpha value is -1.66. The molecule has 0 spiro atoms. The third kappa shape index (κ3) is 41.8. The van der Waals surface area contributed by atoms with E-state index >= 15 is 0 Å². The number of carbonyl (C=O) groups is 2. The fourth-order valence-corrected chi connectivity index (χ4v) is 7.21. The van der Waals surface area contributed by atoms with Crippen LogP contribution in [0.1, 0.15) is 251 Å². The second-order valence-corrected chi connectivity index (χ2v) is 16.4. The van der Waals surface area contributed by atoms with Gasteiger partial charge in [0.15, 0.2) is 0 Å². The molecule has 2 unspecified atom stereocenters. The van der Waals surface area contributed by atoms with Gasteiger partial charge in [0.25, 0.3) is 0 Å². The lowest BCUT2D eigenvalue weighted by Gasteiger charge is -2.20. The first-order chi connectivity index (χ1) is 27.0. The minimum Gasteiger partial charge on any atom is -0.466 e. The van der Waals surface area contributed by atoms with Crippen LogP contribution < -0.4 is 5.32 Å². The van der Waals surface area contributed by atoms with Crippen LogP contribution in [0.25, 0.3) is 0 Å². The van der Waals surface area contributed by atoms with Gasteiger partial charge in [-0.2, -0.15) is 0 Å². The van der Waals surface area contributed by atoms with Crippen molar-refractivity contribution >= 4 is 11.9 Å². The summed E-state index contributed by atoms with van der Waals surface area (Å²) < 4.78 is 5.44. The standard InChI is InChI=1S/C49H93NO5/c1-3-5-7-9-11-13-15-17-18-23-27-31-35-39-43-49(54)55-44-40-36-32-28-24-20-19-22-26-30-34-38-42-48(53)50-46(45-51)47(52)41-37-33-29-25-21-16-14-12-10-8-6-4-2/h20,24,37,41,46-47,51-52H,3-19,21-23,25-36,38-40,42-45H2,1-2H3,(H,50,53)/b24-20-,41-37+. The smallest absolute Gasteiger partial charge is 0.305 e. The van der Waals surface area contributed by atoms with Crippen molar-refractivity contribution in [3.05, 3.63) is 24.3 Å². The van der Waals surface area contributed by atoms with Crippen molar-refractivity contribution < 1.29 is 24.5 Å². The Morgan fingerprint density at radius 3 is 1.29 bits per heavy atom. The number of aliphatic hydroxyl groups excluding tert-OH is 2. The van der Waals surface area contributed by atoms with Gasteiger partial charge in [0.05, 0.1) is 25.4 Å². The summed E-state index contributed by atoms with van der Waals surface area (Å²) in [4.78, 5) is 24.4. The van der Waals surface area contributed by atoms with Crippen molar-refractivity contribution in [1.82, 2.24) is 5.32 Å². The first-order valence-electron chi connectivity index (χ1n) is 24.1. The number of allylic oxidation sites excluding steroid dienone is 3. The minimum absolute atomic E-state index is 0.0228. The van der Waals surface area contributed by atoms with Crippen LogP contribution in [0.4, 0.5) is 0 Å². The molecule has 0 saturated carbocycles. The molecule has 0 aromatic rings.